The van der Waals surface area contributed by atoms with Gasteiger partial charge < -0.3 is 14.4 Å². The smallest absolute Gasteiger partial charge is 0.301 e. The summed E-state index contributed by atoms with van der Waals surface area (Å²) in [6.45, 7) is 3.99. The van der Waals surface area contributed by atoms with Gasteiger partial charge in [-0.3, -0.25) is 14.5 Å². The first-order chi connectivity index (χ1) is 14.9. The molecule has 1 fully saturated rings. The highest BCUT2D eigenvalue weighted by Gasteiger charge is 2.48. The van der Waals surface area contributed by atoms with Crippen molar-refractivity contribution in [2.75, 3.05) is 11.5 Å². The Balaban J connectivity index is 1.87. The number of carbonyl (C=O) groups excluding carboxylic acids is 2. The van der Waals surface area contributed by atoms with Crippen LogP contribution in [0.2, 0.25) is 0 Å². The summed E-state index contributed by atoms with van der Waals surface area (Å²) >= 11 is 0. The van der Waals surface area contributed by atoms with Crippen molar-refractivity contribution in [1.82, 2.24) is 5.16 Å². The van der Waals surface area contributed by atoms with E-state index in [2.05, 4.69) is 5.16 Å². The number of hydrogen-bond acceptors (Lipinski definition) is 6. The average molecular weight is 422 g/mol. The molecule has 1 amide bonds. The Morgan fingerprint density at radius 2 is 1.84 bits per heavy atom. The van der Waals surface area contributed by atoms with E-state index in [-0.39, 0.29) is 17.2 Å². The molecule has 0 spiro atoms. The van der Waals surface area contributed by atoms with Gasteiger partial charge in [-0.1, -0.05) is 17.3 Å². The summed E-state index contributed by atoms with van der Waals surface area (Å²) in [7, 11) is 0. The van der Waals surface area contributed by atoms with Gasteiger partial charge in [0, 0.05) is 11.6 Å². The van der Waals surface area contributed by atoms with E-state index in [0.29, 0.717) is 29.2 Å². The van der Waals surface area contributed by atoms with Crippen LogP contribution in [0, 0.1) is 12.7 Å². The number of halogens is 1. The number of aromatic nitrogens is 1. The lowest BCUT2D eigenvalue weighted by Gasteiger charge is -2.22. The molecule has 0 bridgehead atoms. The second-order valence-electron chi connectivity index (χ2n) is 6.97. The minimum Gasteiger partial charge on any atom is -0.507 e. The number of ether oxygens (including phenoxy) is 1. The van der Waals surface area contributed by atoms with Crippen LogP contribution in [0.4, 0.5) is 10.2 Å². The maximum absolute atomic E-state index is 13.5. The largest absolute Gasteiger partial charge is 0.507 e. The summed E-state index contributed by atoms with van der Waals surface area (Å²) in [5.41, 5.74) is 0.653. The van der Waals surface area contributed by atoms with Crippen LogP contribution >= 0.6 is 0 Å². The van der Waals surface area contributed by atoms with Crippen molar-refractivity contribution in [1.29, 1.82) is 0 Å². The number of anilines is 1. The fourth-order valence-corrected chi connectivity index (χ4v) is 3.53. The minimum absolute atomic E-state index is 0.124. The molecular weight excluding hydrogens is 403 g/mol. The van der Waals surface area contributed by atoms with E-state index < -0.39 is 23.5 Å². The van der Waals surface area contributed by atoms with Crippen molar-refractivity contribution < 1.29 is 28.3 Å². The molecule has 2 aromatic carbocycles. The molecule has 1 atom stereocenters. The second-order valence-corrected chi connectivity index (χ2v) is 6.97. The van der Waals surface area contributed by atoms with Crippen LogP contribution in [0.3, 0.4) is 0 Å². The van der Waals surface area contributed by atoms with Crippen LogP contribution in [-0.2, 0) is 9.59 Å². The Hall–Kier alpha value is -3.94. The molecule has 31 heavy (non-hydrogen) atoms. The summed E-state index contributed by atoms with van der Waals surface area (Å²) in [5, 5.41) is 14.9. The highest BCUT2D eigenvalue weighted by molar-refractivity contribution is 6.51. The third-order valence-corrected chi connectivity index (χ3v) is 4.93. The molecule has 1 aliphatic rings. The Morgan fingerprint density at radius 1 is 1.16 bits per heavy atom. The SMILES string of the molecule is CCOc1ccc(/C(O)=C2\C(=O)C(=O)N(c3cc(C)on3)[C@H]2c2ccc(F)cc2)cc1. The predicted octanol–water partition coefficient (Wildman–Crippen LogP) is 4.15. The van der Waals surface area contributed by atoms with Crippen molar-refractivity contribution in [3.8, 4) is 5.75 Å². The number of ketones is 1. The number of carbonyl (C=O) groups is 2. The van der Waals surface area contributed by atoms with Crippen molar-refractivity contribution in [2.45, 2.75) is 19.9 Å². The molecule has 8 heteroatoms. The van der Waals surface area contributed by atoms with Gasteiger partial charge >= 0.3 is 5.91 Å². The molecule has 1 saturated heterocycles. The monoisotopic (exact) mass is 422 g/mol. The number of Topliss-reactive ketones (excluding diaryl/α,β-unsaturated/α-hetero) is 1. The van der Waals surface area contributed by atoms with Crippen molar-refractivity contribution in [3.63, 3.8) is 0 Å². The fraction of sp³-hybridized carbons (Fsp3) is 0.174. The lowest BCUT2D eigenvalue weighted by molar-refractivity contribution is -0.132. The lowest BCUT2D eigenvalue weighted by Crippen LogP contribution is -2.29. The average Bonchev–Trinajstić information content (AvgIpc) is 3.30. The lowest BCUT2D eigenvalue weighted by atomic mass is 9.95. The van der Waals surface area contributed by atoms with Crippen molar-refractivity contribution in [3.05, 3.63) is 82.9 Å². The molecule has 0 aliphatic carbocycles. The highest BCUT2D eigenvalue weighted by Crippen LogP contribution is 2.42. The summed E-state index contributed by atoms with van der Waals surface area (Å²) in [6, 6.07) is 12.4. The Labute approximate surface area is 177 Å². The first-order valence-electron chi connectivity index (χ1n) is 9.63. The standard InChI is InChI=1S/C23H19FN2O5/c1-3-30-17-10-6-15(7-11-17)21(27)19-20(14-4-8-16(24)9-5-14)26(23(29)22(19)28)18-12-13(2)31-25-18/h4-12,20,27H,3H2,1-2H3/b21-19+/t20-/m0/s1. The van der Waals surface area contributed by atoms with E-state index >= 15 is 0 Å². The number of aliphatic hydroxyl groups is 1. The zero-order valence-electron chi connectivity index (χ0n) is 16.8. The number of amides is 1. The van der Waals surface area contributed by atoms with E-state index in [0.717, 1.165) is 4.90 Å². The first kappa shape index (κ1) is 20.3. The van der Waals surface area contributed by atoms with Crippen LogP contribution in [0.15, 0.2) is 64.7 Å². The van der Waals surface area contributed by atoms with E-state index in [1.165, 1.54) is 30.3 Å². The molecule has 2 heterocycles. The number of rotatable bonds is 5. The van der Waals surface area contributed by atoms with Gasteiger partial charge in [0.15, 0.2) is 5.82 Å². The van der Waals surface area contributed by atoms with Gasteiger partial charge in [0.1, 0.15) is 23.1 Å². The van der Waals surface area contributed by atoms with Gasteiger partial charge in [-0.2, -0.15) is 0 Å². The number of hydrogen-bond donors (Lipinski definition) is 1. The van der Waals surface area contributed by atoms with Crippen molar-refractivity contribution >= 4 is 23.3 Å². The van der Waals surface area contributed by atoms with Crippen LogP contribution < -0.4 is 9.64 Å². The predicted molar refractivity (Wildman–Crippen MR) is 110 cm³/mol. The maximum Gasteiger partial charge on any atom is 0.301 e. The number of benzene rings is 2. The molecular formula is C23H19FN2O5. The molecule has 1 aromatic heterocycles. The number of aliphatic hydroxyl groups excluding tert-OH is 1. The topological polar surface area (TPSA) is 92.9 Å². The third-order valence-electron chi connectivity index (χ3n) is 4.93. The van der Waals surface area contributed by atoms with Crippen LogP contribution in [0.5, 0.6) is 5.75 Å². The minimum atomic E-state index is -1.00. The molecule has 1 aliphatic heterocycles. The molecule has 0 unspecified atom stereocenters. The van der Waals surface area contributed by atoms with Gasteiger partial charge in [-0.15, -0.1) is 0 Å². The maximum atomic E-state index is 13.5. The summed E-state index contributed by atoms with van der Waals surface area (Å²) in [5.74, 6) is -1.38. The molecule has 3 aromatic rings. The van der Waals surface area contributed by atoms with E-state index in [1.807, 2.05) is 6.92 Å². The summed E-state index contributed by atoms with van der Waals surface area (Å²) < 4.78 is 24.0. The highest BCUT2D eigenvalue weighted by atomic mass is 19.1. The van der Waals surface area contributed by atoms with Gasteiger partial charge in [0.2, 0.25) is 0 Å². The third kappa shape index (κ3) is 3.68. The van der Waals surface area contributed by atoms with Gasteiger partial charge in [-0.05, 0) is 55.8 Å². The quantitative estimate of drug-likeness (QED) is 0.377. The van der Waals surface area contributed by atoms with Crippen LogP contribution in [0.1, 0.15) is 29.9 Å². The fourth-order valence-electron chi connectivity index (χ4n) is 3.53. The first-order valence-corrected chi connectivity index (χ1v) is 9.63. The molecule has 0 saturated carbocycles. The molecule has 1 N–H and O–H groups in total. The zero-order valence-corrected chi connectivity index (χ0v) is 16.8. The molecule has 4 rings (SSSR count). The van der Waals surface area contributed by atoms with E-state index in [9.17, 15) is 19.1 Å². The number of nitrogens with zero attached hydrogens (tertiary/aromatic N) is 2. The summed E-state index contributed by atoms with van der Waals surface area (Å²) in [4.78, 5) is 27.0. The van der Waals surface area contributed by atoms with Crippen LogP contribution in [-0.4, -0.2) is 28.6 Å². The number of aryl methyl sites for hydroxylation is 1. The van der Waals surface area contributed by atoms with Gasteiger partial charge in [0.05, 0.1) is 18.2 Å². The molecule has 0 radical (unpaired) electrons. The van der Waals surface area contributed by atoms with Crippen molar-refractivity contribution in [2.24, 2.45) is 0 Å². The van der Waals surface area contributed by atoms with E-state index in [1.54, 1.807) is 31.2 Å². The Morgan fingerprint density at radius 3 is 2.42 bits per heavy atom. The zero-order chi connectivity index (χ0) is 22.1. The Kier molecular flexibility index (Phi) is 5.29. The molecule has 158 valence electrons. The van der Waals surface area contributed by atoms with Crippen LogP contribution in [0.25, 0.3) is 5.76 Å². The van der Waals surface area contributed by atoms with Gasteiger partial charge in [0.25, 0.3) is 5.78 Å². The molecule has 7 nitrogen and oxygen atoms in total. The Bertz CT molecular complexity index is 1170. The van der Waals surface area contributed by atoms with Gasteiger partial charge in [-0.25, -0.2) is 4.39 Å². The van der Waals surface area contributed by atoms with E-state index in [4.69, 9.17) is 9.26 Å². The normalized spacial score (nSPS) is 17.9. The second kappa shape index (κ2) is 8.06. The summed E-state index contributed by atoms with van der Waals surface area (Å²) in [6.07, 6.45) is 0.